The Kier molecular flexibility index (Phi) is 4.66. The van der Waals surface area contributed by atoms with Gasteiger partial charge in [-0.3, -0.25) is 4.90 Å². The van der Waals surface area contributed by atoms with Crippen molar-refractivity contribution in [3.05, 3.63) is 29.6 Å². The van der Waals surface area contributed by atoms with Gasteiger partial charge in [0.1, 0.15) is 17.6 Å². The quantitative estimate of drug-likeness (QED) is 0.909. The summed E-state index contributed by atoms with van der Waals surface area (Å²) in [5.41, 5.74) is 0.208. The van der Waals surface area contributed by atoms with Gasteiger partial charge in [0.05, 0.1) is 7.11 Å². The van der Waals surface area contributed by atoms with Crippen molar-refractivity contribution in [1.82, 2.24) is 10.2 Å². The van der Waals surface area contributed by atoms with Gasteiger partial charge in [-0.15, -0.1) is 0 Å². The van der Waals surface area contributed by atoms with Gasteiger partial charge in [-0.1, -0.05) is 0 Å². The van der Waals surface area contributed by atoms with Crippen LogP contribution in [0, 0.1) is 5.82 Å². The highest BCUT2D eigenvalue weighted by Crippen LogP contribution is 2.34. The van der Waals surface area contributed by atoms with Gasteiger partial charge in [0, 0.05) is 31.7 Å². The number of rotatable bonds is 4. The zero-order chi connectivity index (χ0) is 13.8. The number of methoxy groups -OCH3 is 1. The van der Waals surface area contributed by atoms with Gasteiger partial charge in [0.25, 0.3) is 6.43 Å². The van der Waals surface area contributed by atoms with Gasteiger partial charge in [-0.05, 0) is 18.2 Å². The van der Waals surface area contributed by atoms with Crippen molar-refractivity contribution < 1.29 is 17.9 Å². The van der Waals surface area contributed by atoms with E-state index in [1.807, 2.05) is 0 Å². The molecule has 2 rings (SSSR count). The predicted octanol–water partition coefficient (Wildman–Crippen LogP) is 2.05. The summed E-state index contributed by atoms with van der Waals surface area (Å²) in [6, 6.07) is 2.61. The second-order valence-corrected chi connectivity index (χ2v) is 4.45. The van der Waals surface area contributed by atoms with Crippen LogP contribution in [-0.2, 0) is 0 Å². The van der Waals surface area contributed by atoms with Crippen LogP contribution >= 0.6 is 0 Å². The van der Waals surface area contributed by atoms with Crippen molar-refractivity contribution >= 4 is 0 Å². The van der Waals surface area contributed by atoms with E-state index in [1.54, 1.807) is 4.90 Å². The van der Waals surface area contributed by atoms with Crippen LogP contribution in [0.1, 0.15) is 11.6 Å². The van der Waals surface area contributed by atoms with Crippen molar-refractivity contribution in [3.8, 4) is 5.75 Å². The van der Waals surface area contributed by atoms with E-state index in [0.717, 1.165) is 6.07 Å². The van der Waals surface area contributed by atoms with Crippen molar-refractivity contribution in [2.75, 3.05) is 33.3 Å². The summed E-state index contributed by atoms with van der Waals surface area (Å²) in [5, 5.41) is 3.11. The lowest BCUT2D eigenvalue weighted by molar-refractivity contribution is 0.0169. The van der Waals surface area contributed by atoms with Crippen LogP contribution < -0.4 is 10.1 Å². The summed E-state index contributed by atoms with van der Waals surface area (Å²) >= 11 is 0. The highest BCUT2D eigenvalue weighted by atomic mass is 19.3. The number of piperazine rings is 1. The van der Waals surface area contributed by atoms with Gasteiger partial charge in [0.2, 0.25) is 0 Å². The van der Waals surface area contributed by atoms with Crippen molar-refractivity contribution in [2.24, 2.45) is 0 Å². The van der Waals surface area contributed by atoms with Gasteiger partial charge >= 0.3 is 0 Å². The largest absolute Gasteiger partial charge is 0.496 e. The fourth-order valence-corrected chi connectivity index (χ4v) is 2.39. The molecule has 1 atom stereocenters. The molecule has 1 fully saturated rings. The smallest absolute Gasteiger partial charge is 0.258 e. The van der Waals surface area contributed by atoms with Gasteiger partial charge in [0.15, 0.2) is 0 Å². The topological polar surface area (TPSA) is 24.5 Å². The van der Waals surface area contributed by atoms with Gasteiger partial charge in [-0.2, -0.15) is 0 Å². The summed E-state index contributed by atoms with van der Waals surface area (Å²) in [4.78, 5) is 1.67. The van der Waals surface area contributed by atoms with E-state index in [2.05, 4.69) is 5.32 Å². The maximum Gasteiger partial charge on any atom is 0.258 e. The fourth-order valence-electron chi connectivity index (χ4n) is 2.39. The zero-order valence-electron chi connectivity index (χ0n) is 10.7. The highest BCUT2D eigenvalue weighted by Gasteiger charge is 2.32. The average Bonchev–Trinajstić information content (AvgIpc) is 2.40. The molecule has 3 nitrogen and oxygen atoms in total. The number of hydrogen-bond acceptors (Lipinski definition) is 3. The molecular formula is C13H17F3N2O. The molecule has 0 amide bonds. The molecule has 0 bridgehead atoms. The molecule has 1 aliphatic heterocycles. The van der Waals surface area contributed by atoms with Crippen molar-refractivity contribution in [3.63, 3.8) is 0 Å². The van der Waals surface area contributed by atoms with E-state index in [9.17, 15) is 13.2 Å². The number of benzene rings is 1. The van der Waals surface area contributed by atoms with Gasteiger partial charge < -0.3 is 10.1 Å². The molecule has 1 saturated heterocycles. The third-order valence-corrected chi connectivity index (χ3v) is 3.29. The maximum atomic E-state index is 13.4. The van der Waals surface area contributed by atoms with Crippen molar-refractivity contribution in [1.29, 1.82) is 0 Å². The number of halogens is 3. The lowest BCUT2D eigenvalue weighted by atomic mass is 10.0. The maximum absolute atomic E-state index is 13.4. The van der Waals surface area contributed by atoms with E-state index in [0.29, 0.717) is 31.9 Å². The molecule has 1 aliphatic rings. The van der Waals surface area contributed by atoms with E-state index in [1.165, 1.54) is 19.2 Å². The van der Waals surface area contributed by atoms with E-state index in [-0.39, 0.29) is 5.56 Å². The van der Waals surface area contributed by atoms with Crippen LogP contribution in [0.25, 0.3) is 0 Å². The summed E-state index contributed by atoms with van der Waals surface area (Å²) in [5.74, 6) is -0.234. The SMILES string of the molecule is COc1ccc(F)cc1[C@@H](C(F)F)N1CCNCC1. The van der Waals surface area contributed by atoms with Crippen molar-refractivity contribution in [2.45, 2.75) is 12.5 Å². The first kappa shape index (κ1) is 14.1. The molecule has 1 aromatic rings. The molecule has 0 aliphatic carbocycles. The first-order valence-corrected chi connectivity index (χ1v) is 6.20. The molecule has 106 valence electrons. The average molecular weight is 274 g/mol. The molecule has 19 heavy (non-hydrogen) atoms. The molecule has 1 aromatic carbocycles. The molecule has 1 heterocycles. The van der Waals surface area contributed by atoms with E-state index >= 15 is 0 Å². The number of nitrogens with one attached hydrogen (secondary N) is 1. The van der Waals surface area contributed by atoms with Gasteiger partial charge in [-0.25, -0.2) is 13.2 Å². The summed E-state index contributed by atoms with van der Waals surface area (Å²) in [6.07, 6.45) is -2.59. The Morgan fingerprint density at radius 2 is 1.95 bits per heavy atom. The minimum Gasteiger partial charge on any atom is -0.496 e. The first-order valence-electron chi connectivity index (χ1n) is 6.20. The van der Waals surface area contributed by atoms with Crippen LogP contribution in [-0.4, -0.2) is 44.6 Å². The molecule has 1 N–H and O–H groups in total. The Morgan fingerprint density at radius 1 is 1.26 bits per heavy atom. The fraction of sp³-hybridized carbons (Fsp3) is 0.538. The minimum absolute atomic E-state index is 0.208. The molecule has 0 aromatic heterocycles. The van der Waals surface area contributed by atoms with E-state index in [4.69, 9.17) is 4.74 Å². The van der Waals surface area contributed by atoms with E-state index < -0.39 is 18.3 Å². The lowest BCUT2D eigenvalue weighted by Gasteiger charge is -2.35. The lowest BCUT2D eigenvalue weighted by Crippen LogP contribution is -2.47. The zero-order valence-corrected chi connectivity index (χ0v) is 10.7. The number of nitrogens with zero attached hydrogens (tertiary/aromatic N) is 1. The van der Waals surface area contributed by atoms with Crippen LogP contribution in [0.3, 0.4) is 0 Å². The summed E-state index contributed by atoms with van der Waals surface area (Å²) < 4.78 is 45.2. The Bertz CT molecular complexity index is 422. The second kappa shape index (κ2) is 6.25. The number of alkyl halides is 2. The highest BCUT2D eigenvalue weighted by molar-refractivity contribution is 5.37. The summed E-state index contributed by atoms with van der Waals surface area (Å²) in [6.45, 7) is 2.32. The Morgan fingerprint density at radius 3 is 2.53 bits per heavy atom. The monoisotopic (exact) mass is 274 g/mol. The standard InChI is InChI=1S/C13H17F3N2O/c1-19-11-3-2-9(14)8-10(11)12(13(15)16)18-6-4-17-5-7-18/h2-3,8,12-13,17H,4-7H2,1H3/t12-/m0/s1. The molecule has 0 spiro atoms. The summed E-state index contributed by atoms with van der Waals surface area (Å²) in [7, 11) is 1.40. The Labute approximate surface area is 110 Å². The Hall–Kier alpha value is -1.27. The molecular weight excluding hydrogens is 257 g/mol. The number of hydrogen-bond donors (Lipinski definition) is 1. The number of ether oxygens (including phenoxy) is 1. The molecule has 6 heteroatoms. The van der Waals surface area contributed by atoms with Crippen LogP contribution in [0.4, 0.5) is 13.2 Å². The normalized spacial score (nSPS) is 18.6. The predicted molar refractivity (Wildman–Crippen MR) is 66.1 cm³/mol. The van der Waals surface area contributed by atoms with Crippen LogP contribution in [0.15, 0.2) is 18.2 Å². The third kappa shape index (κ3) is 3.19. The second-order valence-electron chi connectivity index (χ2n) is 4.45. The van der Waals surface area contributed by atoms with Crippen LogP contribution in [0.2, 0.25) is 0 Å². The Balaban J connectivity index is 2.34. The first-order chi connectivity index (χ1) is 9.13. The molecule has 0 saturated carbocycles. The molecule has 0 unspecified atom stereocenters. The minimum atomic E-state index is -2.59. The molecule has 0 radical (unpaired) electrons. The third-order valence-electron chi connectivity index (χ3n) is 3.29. The van der Waals surface area contributed by atoms with Crippen LogP contribution in [0.5, 0.6) is 5.75 Å².